The molecule has 11 nitrogen and oxygen atoms in total. The molecule has 0 radical (unpaired) electrons. The Labute approximate surface area is 278 Å². The maximum atomic E-state index is 14.6. The highest BCUT2D eigenvalue weighted by Gasteiger charge is 2.66. The Bertz CT molecular complexity index is 1940. The standard InChI is InChI=1S/C36H35N3O8Si/c1-22-33(48(2,3)45)32(18-19-40)47-36(22)27-20-25(39(43)44)16-17-28(27)37(35(36)42)21-23-12-14-24(15-13-23)38-29-9-5-7-11-31(29)46-30-10-6-4-8-26(30)34(38)41/h4-17,20,22,32-33,40,45H,18-19,21H2,1-3H3/t22-,32+,33-,36+/m0/s1. The molecule has 0 saturated carbocycles. The third kappa shape index (κ3) is 4.91. The molecule has 2 N–H and O–H groups in total. The summed E-state index contributed by atoms with van der Waals surface area (Å²) in [6, 6.07) is 26.1. The summed E-state index contributed by atoms with van der Waals surface area (Å²) in [5.41, 5.74) is 1.13. The minimum Gasteiger partial charge on any atom is -0.454 e. The Morgan fingerprint density at radius 2 is 1.62 bits per heavy atom. The predicted molar refractivity (Wildman–Crippen MR) is 181 cm³/mol. The zero-order valence-corrected chi connectivity index (χ0v) is 27.7. The number of carbonyl (C=O) groups is 2. The molecule has 3 aliphatic rings. The van der Waals surface area contributed by atoms with Gasteiger partial charge in [0.15, 0.2) is 19.7 Å². The van der Waals surface area contributed by atoms with Gasteiger partial charge in [0, 0.05) is 41.4 Å². The first kappa shape index (κ1) is 31.7. The Kier molecular flexibility index (Phi) is 7.71. The molecule has 1 spiro atoms. The number of rotatable bonds is 7. The van der Waals surface area contributed by atoms with Crippen LogP contribution in [0.4, 0.5) is 22.7 Å². The fraction of sp³-hybridized carbons (Fsp3) is 0.278. The summed E-state index contributed by atoms with van der Waals surface area (Å²) >= 11 is 0. The number of aliphatic hydroxyl groups excluding tert-OH is 1. The largest absolute Gasteiger partial charge is 0.454 e. The van der Waals surface area contributed by atoms with Gasteiger partial charge in [-0.15, -0.1) is 0 Å². The van der Waals surface area contributed by atoms with E-state index in [2.05, 4.69) is 0 Å². The molecular weight excluding hydrogens is 630 g/mol. The summed E-state index contributed by atoms with van der Waals surface area (Å²) in [6.45, 7) is 5.36. The smallest absolute Gasteiger partial charge is 0.269 e. The van der Waals surface area contributed by atoms with Gasteiger partial charge in [0.05, 0.1) is 34.5 Å². The van der Waals surface area contributed by atoms with Crippen LogP contribution in [-0.4, -0.2) is 47.7 Å². The average molecular weight is 666 g/mol. The van der Waals surface area contributed by atoms with Gasteiger partial charge >= 0.3 is 0 Å². The summed E-state index contributed by atoms with van der Waals surface area (Å²) in [4.78, 5) is 54.3. The second-order valence-electron chi connectivity index (χ2n) is 13.1. The van der Waals surface area contributed by atoms with Crippen LogP contribution < -0.4 is 14.5 Å². The Hall–Kier alpha value is -4.88. The van der Waals surface area contributed by atoms with Crippen molar-refractivity contribution in [2.75, 3.05) is 16.4 Å². The predicted octanol–water partition coefficient (Wildman–Crippen LogP) is 6.41. The lowest BCUT2D eigenvalue weighted by Gasteiger charge is -2.32. The second-order valence-corrected chi connectivity index (χ2v) is 17.1. The number of nitro groups is 1. The number of non-ortho nitro benzene ring substituents is 1. The van der Waals surface area contributed by atoms with Crippen molar-refractivity contribution in [3.8, 4) is 11.5 Å². The number of hydrogen-bond acceptors (Lipinski definition) is 8. The van der Waals surface area contributed by atoms with Gasteiger partial charge in [-0.3, -0.25) is 24.6 Å². The van der Waals surface area contributed by atoms with Crippen molar-refractivity contribution in [3.05, 3.63) is 118 Å². The number of para-hydroxylation sites is 3. The highest BCUT2D eigenvalue weighted by atomic mass is 28.4. The first-order valence-electron chi connectivity index (χ1n) is 15.9. The van der Waals surface area contributed by atoms with Gasteiger partial charge in [0.25, 0.3) is 17.5 Å². The Balaban J connectivity index is 1.25. The van der Waals surface area contributed by atoms with E-state index in [0.717, 1.165) is 5.56 Å². The van der Waals surface area contributed by atoms with E-state index in [1.54, 1.807) is 47.2 Å². The SMILES string of the molecule is C[C@H]1[C@H]([Si](C)(C)O)[C@@H](CCO)O[C@]12C(=O)N(Cc1ccc(N3C(=O)c4ccccc4Oc4ccccc43)cc1)c1ccc([N+](=O)[O-])cc12. The molecule has 4 atom stereocenters. The van der Waals surface area contributed by atoms with Gasteiger partial charge < -0.3 is 24.3 Å². The molecule has 0 aliphatic carbocycles. The van der Waals surface area contributed by atoms with Gasteiger partial charge in [-0.1, -0.05) is 43.3 Å². The lowest BCUT2D eigenvalue weighted by atomic mass is 9.82. The van der Waals surface area contributed by atoms with E-state index in [-0.39, 0.29) is 37.1 Å². The molecule has 7 rings (SSSR count). The van der Waals surface area contributed by atoms with Crippen molar-refractivity contribution in [1.82, 2.24) is 0 Å². The summed E-state index contributed by atoms with van der Waals surface area (Å²) in [6.07, 6.45) is -0.379. The van der Waals surface area contributed by atoms with Crippen LogP contribution in [-0.2, 0) is 21.7 Å². The minimum absolute atomic E-state index is 0.132. The topological polar surface area (TPSA) is 143 Å². The summed E-state index contributed by atoms with van der Waals surface area (Å²) in [5.74, 6) is -0.126. The number of anilines is 3. The van der Waals surface area contributed by atoms with E-state index in [1.165, 1.54) is 12.1 Å². The van der Waals surface area contributed by atoms with Crippen molar-refractivity contribution in [2.24, 2.45) is 5.92 Å². The van der Waals surface area contributed by atoms with Gasteiger partial charge in [0.2, 0.25) is 0 Å². The average Bonchev–Trinajstić information content (AvgIpc) is 3.43. The number of nitro benzene ring substituents is 1. The van der Waals surface area contributed by atoms with E-state index in [4.69, 9.17) is 9.47 Å². The number of amides is 2. The van der Waals surface area contributed by atoms with Crippen LogP contribution in [0.5, 0.6) is 11.5 Å². The van der Waals surface area contributed by atoms with Crippen LogP contribution >= 0.6 is 0 Å². The van der Waals surface area contributed by atoms with E-state index in [9.17, 15) is 29.6 Å². The zero-order valence-electron chi connectivity index (χ0n) is 26.7. The Morgan fingerprint density at radius 1 is 0.938 bits per heavy atom. The first-order chi connectivity index (χ1) is 23.0. The highest BCUT2D eigenvalue weighted by Crippen LogP contribution is 2.60. The molecule has 4 aromatic rings. The van der Waals surface area contributed by atoms with E-state index >= 15 is 0 Å². The van der Waals surface area contributed by atoms with Crippen LogP contribution in [0.2, 0.25) is 18.6 Å². The quantitative estimate of drug-likeness (QED) is 0.131. The van der Waals surface area contributed by atoms with Crippen molar-refractivity contribution >= 4 is 42.9 Å². The third-order valence-electron chi connectivity index (χ3n) is 9.77. The molecule has 1 saturated heterocycles. The lowest BCUT2D eigenvalue weighted by molar-refractivity contribution is -0.385. The number of carbonyl (C=O) groups excluding carboxylic acids is 2. The normalized spacial score (nSPS) is 23.1. The molecule has 4 aromatic carbocycles. The first-order valence-corrected chi connectivity index (χ1v) is 18.9. The molecule has 12 heteroatoms. The molecule has 1 fully saturated rings. The summed E-state index contributed by atoms with van der Waals surface area (Å²) in [5, 5.41) is 21.7. The molecule has 0 aromatic heterocycles. The van der Waals surface area contributed by atoms with Crippen LogP contribution in [0, 0.1) is 16.0 Å². The minimum atomic E-state index is -2.92. The Morgan fingerprint density at radius 3 is 2.31 bits per heavy atom. The van der Waals surface area contributed by atoms with Crippen molar-refractivity contribution < 1.29 is 33.9 Å². The van der Waals surface area contributed by atoms with Crippen molar-refractivity contribution in [1.29, 1.82) is 0 Å². The fourth-order valence-electron chi connectivity index (χ4n) is 7.73. The molecule has 2 amide bonds. The van der Waals surface area contributed by atoms with Crippen molar-refractivity contribution in [2.45, 2.75) is 50.2 Å². The van der Waals surface area contributed by atoms with E-state index < -0.39 is 36.4 Å². The van der Waals surface area contributed by atoms with Gasteiger partial charge in [0.1, 0.15) is 5.75 Å². The number of hydrogen-bond donors (Lipinski definition) is 2. The lowest BCUT2D eigenvalue weighted by Crippen LogP contribution is -2.46. The maximum Gasteiger partial charge on any atom is 0.269 e. The number of ether oxygens (including phenoxy) is 2. The van der Waals surface area contributed by atoms with Gasteiger partial charge in [-0.2, -0.15) is 0 Å². The summed E-state index contributed by atoms with van der Waals surface area (Å²) in [7, 11) is -2.92. The highest BCUT2D eigenvalue weighted by molar-refractivity contribution is 6.71. The molecule has 48 heavy (non-hydrogen) atoms. The van der Waals surface area contributed by atoms with Crippen LogP contribution in [0.3, 0.4) is 0 Å². The van der Waals surface area contributed by atoms with Gasteiger partial charge in [-0.25, -0.2) is 0 Å². The fourth-order valence-corrected chi connectivity index (χ4v) is 10.3. The monoisotopic (exact) mass is 665 g/mol. The van der Waals surface area contributed by atoms with Crippen molar-refractivity contribution in [3.63, 3.8) is 0 Å². The van der Waals surface area contributed by atoms with Crippen LogP contribution in [0.25, 0.3) is 0 Å². The molecule has 246 valence electrons. The molecule has 0 bridgehead atoms. The van der Waals surface area contributed by atoms with Crippen LogP contribution in [0.15, 0.2) is 91.0 Å². The number of nitrogens with zero attached hydrogens (tertiary/aromatic N) is 3. The van der Waals surface area contributed by atoms with Crippen LogP contribution in [0.1, 0.15) is 34.8 Å². The van der Waals surface area contributed by atoms with Gasteiger partial charge in [-0.05, 0) is 67.5 Å². The van der Waals surface area contributed by atoms with E-state index in [0.29, 0.717) is 39.7 Å². The summed E-state index contributed by atoms with van der Waals surface area (Å²) < 4.78 is 12.7. The third-order valence-corrected chi connectivity index (χ3v) is 12.3. The molecule has 3 aliphatic heterocycles. The number of benzene rings is 4. The molecule has 3 heterocycles. The zero-order chi connectivity index (χ0) is 34.0. The van der Waals surface area contributed by atoms with E-state index in [1.807, 2.05) is 61.5 Å². The maximum absolute atomic E-state index is 14.6. The molecule has 0 unspecified atom stereocenters. The number of fused-ring (bicyclic) bond motifs is 4. The second kappa shape index (κ2) is 11.7. The molecular formula is C36H35N3O8Si. The number of aliphatic hydroxyl groups is 1.